The van der Waals surface area contributed by atoms with Crippen LogP contribution in [0.3, 0.4) is 0 Å². The van der Waals surface area contributed by atoms with Gasteiger partial charge < -0.3 is 9.47 Å². The zero-order valence-electron chi connectivity index (χ0n) is 15.8. The summed E-state index contributed by atoms with van der Waals surface area (Å²) >= 11 is 0. The van der Waals surface area contributed by atoms with Gasteiger partial charge in [-0.1, -0.05) is 33.8 Å². The predicted molar refractivity (Wildman–Crippen MR) is 101 cm³/mol. The third kappa shape index (κ3) is 4.81. The van der Waals surface area contributed by atoms with Crippen molar-refractivity contribution in [3.63, 3.8) is 0 Å². The number of hydrogen-bond donors (Lipinski definition) is 2. The standard InChI is InChI=1S/C18H25N5O3/c1-6-10-26-14-12(8-7-9-13(14)25-5)11-19-22-17-20-16(24)15(21-23-17)18(2,3)4/h7-9,11H,6,10H2,1-5H3,(H2,20,22,23,24)/b19-11+. The van der Waals surface area contributed by atoms with E-state index in [-0.39, 0.29) is 16.9 Å². The summed E-state index contributed by atoms with van der Waals surface area (Å²) in [5, 5.41) is 12.0. The lowest BCUT2D eigenvalue weighted by Crippen LogP contribution is -2.28. The number of methoxy groups -OCH3 is 1. The van der Waals surface area contributed by atoms with Crippen molar-refractivity contribution >= 4 is 12.2 Å². The second-order valence-electron chi connectivity index (χ2n) is 6.70. The topological polar surface area (TPSA) is 101 Å². The SMILES string of the molecule is CCCOc1c(/C=N/Nc2nnc(C(C)(C)C)c(=O)[nH]2)cccc1OC. The van der Waals surface area contributed by atoms with Gasteiger partial charge in [-0.05, 0) is 18.6 Å². The van der Waals surface area contributed by atoms with Gasteiger partial charge in [-0.2, -0.15) is 5.10 Å². The normalized spacial score (nSPS) is 11.6. The number of nitrogens with zero attached hydrogens (tertiary/aromatic N) is 3. The molecular formula is C18H25N5O3. The van der Waals surface area contributed by atoms with Crippen LogP contribution in [0.4, 0.5) is 5.95 Å². The zero-order chi connectivity index (χ0) is 19.2. The third-order valence-corrected chi connectivity index (χ3v) is 3.46. The minimum atomic E-state index is -0.380. The molecule has 0 aliphatic heterocycles. The summed E-state index contributed by atoms with van der Waals surface area (Å²) in [6.07, 6.45) is 2.45. The Balaban J connectivity index is 2.18. The molecule has 0 bridgehead atoms. The summed E-state index contributed by atoms with van der Waals surface area (Å²) in [4.78, 5) is 14.7. The van der Waals surface area contributed by atoms with Crippen LogP contribution in [0, 0.1) is 0 Å². The van der Waals surface area contributed by atoms with E-state index in [0.29, 0.717) is 23.8 Å². The number of anilines is 1. The lowest BCUT2D eigenvalue weighted by molar-refractivity contribution is 0.294. The molecule has 140 valence electrons. The second kappa shape index (κ2) is 8.46. The molecule has 0 radical (unpaired) electrons. The number of hydrazone groups is 1. The monoisotopic (exact) mass is 359 g/mol. The fraction of sp³-hybridized carbons (Fsp3) is 0.444. The van der Waals surface area contributed by atoms with E-state index in [1.807, 2.05) is 45.9 Å². The first-order valence-corrected chi connectivity index (χ1v) is 8.43. The number of ether oxygens (including phenoxy) is 2. The van der Waals surface area contributed by atoms with Crippen LogP contribution >= 0.6 is 0 Å². The average molecular weight is 359 g/mol. The molecule has 0 spiro atoms. The van der Waals surface area contributed by atoms with Crippen molar-refractivity contribution in [1.82, 2.24) is 15.2 Å². The summed E-state index contributed by atoms with van der Waals surface area (Å²) in [6, 6.07) is 5.53. The van der Waals surface area contributed by atoms with Crippen LogP contribution in [0.15, 0.2) is 28.1 Å². The first-order valence-electron chi connectivity index (χ1n) is 8.43. The van der Waals surface area contributed by atoms with Crippen molar-refractivity contribution in [3.8, 4) is 11.5 Å². The largest absolute Gasteiger partial charge is 0.493 e. The Morgan fingerprint density at radius 3 is 2.69 bits per heavy atom. The number of H-pyrrole nitrogens is 1. The van der Waals surface area contributed by atoms with Crippen molar-refractivity contribution in [1.29, 1.82) is 0 Å². The highest BCUT2D eigenvalue weighted by atomic mass is 16.5. The Labute approximate surface area is 152 Å². The molecule has 8 heteroatoms. The Bertz CT molecular complexity index is 824. The Kier molecular flexibility index (Phi) is 6.32. The Morgan fingerprint density at radius 1 is 1.31 bits per heavy atom. The smallest absolute Gasteiger partial charge is 0.274 e. The van der Waals surface area contributed by atoms with E-state index >= 15 is 0 Å². The fourth-order valence-corrected chi connectivity index (χ4v) is 2.19. The molecule has 2 N–H and O–H groups in total. The summed E-state index contributed by atoms with van der Waals surface area (Å²) in [6.45, 7) is 8.30. The van der Waals surface area contributed by atoms with Gasteiger partial charge in [0.15, 0.2) is 11.5 Å². The quantitative estimate of drug-likeness (QED) is 0.582. The number of benzene rings is 1. The van der Waals surface area contributed by atoms with Gasteiger partial charge in [-0.25, -0.2) is 5.43 Å². The average Bonchev–Trinajstić information content (AvgIpc) is 2.59. The highest BCUT2D eigenvalue weighted by molar-refractivity contribution is 5.85. The zero-order valence-corrected chi connectivity index (χ0v) is 15.8. The molecule has 0 atom stereocenters. The minimum Gasteiger partial charge on any atom is -0.493 e. The van der Waals surface area contributed by atoms with Crippen molar-refractivity contribution < 1.29 is 9.47 Å². The maximum Gasteiger partial charge on any atom is 0.274 e. The van der Waals surface area contributed by atoms with Crippen molar-refractivity contribution in [2.75, 3.05) is 19.1 Å². The van der Waals surface area contributed by atoms with E-state index in [0.717, 1.165) is 12.0 Å². The van der Waals surface area contributed by atoms with Gasteiger partial charge in [-0.3, -0.25) is 9.78 Å². The maximum absolute atomic E-state index is 12.1. The van der Waals surface area contributed by atoms with Crippen LogP contribution in [-0.2, 0) is 5.41 Å². The van der Waals surface area contributed by atoms with Crippen LogP contribution in [-0.4, -0.2) is 35.1 Å². The van der Waals surface area contributed by atoms with Gasteiger partial charge in [0.1, 0.15) is 5.69 Å². The molecule has 0 amide bonds. The van der Waals surface area contributed by atoms with Gasteiger partial charge in [-0.15, -0.1) is 10.2 Å². The third-order valence-electron chi connectivity index (χ3n) is 3.46. The number of rotatable bonds is 7. The lowest BCUT2D eigenvalue weighted by Gasteiger charge is -2.15. The molecule has 8 nitrogen and oxygen atoms in total. The van der Waals surface area contributed by atoms with Crippen molar-refractivity contribution in [2.45, 2.75) is 39.5 Å². The highest BCUT2D eigenvalue weighted by Gasteiger charge is 2.20. The van der Waals surface area contributed by atoms with Gasteiger partial charge in [0.2, 0.25) is 5.95 Å². The first-order chi connectivity index (χ1) is 12.4. The minimum absolute atomic E-state index is 0.165. The molecular weight excluding hydrogens is 334 g/mol. The number of nitrogens with one attached hydrogen (secondary N) is 2. The van der Waals surface area contributed by atoms with E-state index in [1.165, 1.54) is 0 Å². The van der Waals surface area contributed by atoms with Gasteiger partial charge in [0.05, 0.1) is 19.9 Å². The van der Waals surface area contributed by atoms with E-state index in [9.17, 15) is 4.79 Å². The van der Waals surface area contributed by atoms with Gasteiger partial charge >= 0.3 is 0 Å². The first kappa shape index (κ1) is 19.4. The molecule has 0 fully saturated rings. The molecule has 26 heavy (non-hydrogen) atoms. The molecule has 0 aliphatic rings. The summed E-state index contributed by atoms with van der Waals surface area (Å²) in [7, 11) is 1.59. The summed E-state index contributed by atoms with van der Waals surface area (Å²) in [5.41, 5.74) is 3.12. The predicted octanol–water partition coefficient (Wildman–Crippen LogP) is 2.71. The molecule has 0 saturated carbocycles. The van der Waals surface area contributed by atoms with Crippen LogP contribution in [0.1, 0.15) is 45.4 Å². The molecule has 2 aromatic rings. The highest BCUT2D eigenvalue weighted by Crippen LogP contribution is 2.30. The van der Waals surface area contributed by atoms with Crippen molar-refractivity contribution in [2.24, 2.45) is 5.10 Å². The molecule has 1 heterocycles. The number of aromatic amines is 1. The van der Waals surface area contributed by atoms with Gasteiger partial charge in [0, 0.05) is 11.0 Å². The number of aromatic nitrogens is 3. The van der Waals surface area contributed by atoms with E-state index in [4.69, 9.17) is 9.47 Å². The molecule has 0 saturated heterocycles. The molecule has 1 aromatic carbocycles. The van der Waals surface area contributed by atoms with Crippen LogP contribution in [0.2, 0.25) is 0 Å². The second-order valence-corrected chi connectivity index (χ2v) is 6.70. The lowest BCUT2D eigenvalue weighted by atomic mass is 9.93. The molecule has 2 rings (SSSR count). The fourth-order valence-electron chi connectivity index (χ4n) is 2.19. The van der Waals surface area contributed by atoms with Crippen LogP contribution < -0.4 is 20.5 Å². The van der Waals surface area contributed by atoms with E-state index in [1.54, 1.807) is 13.3 Å². The Morgan fingerprint density at radius 2 is 2.08 bits per heavy atom. The number of hydrogen-bond acceptors (Lipinski definition) is 7. The van der Waals surface area contributed by atoms with E-state index in [2.05, 4.69) is 25.7 Å². The van der Waals surface area contributed by atoms with Gasteiger partial charge in [0.25, 0.3) is 5.56 Å². The maximum atomic E-state index is 12.1. The molecule has 0 aliphatic carbocycles. The molecule has 0 unspecified atom stereocenters. The number of para-hydroxylation sites is 1. The molecule has 1 aromatic heterocycles. The van der Waals surface area contributed by atoms with Crippen molar-refractivity contribution in [3.05, 3.63) is 39.8 Å². The summed E-state index contributed by atoms with van der Waals surface area (Å²) in [5.74, 6) is 1.41. The van der Waals surface area contributed by atoms with Crippen LogP contribution in [0.25, 0.3) is 0 Å². The van der Waals surface area contributed by atoms with Crippen LogP contribution in [0.5, 0.6) is 11.5 Å². The Hall–Kier alpha value is -2.90. The summed E-state index contributed by atoms with van der Waals surface area (Å²) < 4.78 is 11.1. The van der Waals surface area contributed by atoms with E-state index < -0.39 is 0 Å².